The fraction of sp³-hybridized carbons (Fsp3) is 0.133. The number of hydrogen-bond acceptors (Lipinski definition) is 4. The molecule has 1 N–H and O–H groups in total. The number of aliphatic hydroxyl groups is 1. The SMILES string of the molecule is COC(=O)C#CC(O)c1ccccc1-c1ccco1. The second-order valence-corrected chi connectivity index (χ2v) is 3.73. The second-order valence-electron chi connectivity index (χ2n) is 3.73. The van der Waals surface area contributed by atoms with Crippen molar-refractivity contribution >= 4 is 5.97 Å². The van der Waals surface area contributed by atoms with Gasteiger partial charge in [0.05, 0.1) is 13.4 Å². The van der Waals surface area contributed by atoms with Gasteiger partial charge in [-0.1, -0.05) is 30.2 Å². The van der Waals surface area contributed by atoms with Crippen LogP contribution in [0.15, 0.2) is 47.1 Å². The zero-order valence-corrected chi connectivity index (χ0v) is 10.3. The van der Waals surface area contributed by atoms with Crippen molar-refractivity contribution in [2.24, 2.45) is 0 Å². The maximum Gasteiger partial charge on any atom is 0.384 e. The van der Waals surface area contributed by atoms with Gasteiger partial charge in [0.1, 0.15) is 11.9 Å². The smallest absolute Gasteiger partial charge is 0.384 e. The lowest BCUT2D eigenvalue weighted by molar-refractivity contribution is -0.133. The molecule has 0 aliphatic heterocycles. The van der Waals surface area contributed by atoms with E-state index in [-0.39, 0.29) is 0 Å². The molecule has 0 saturated carbocycles. The summed E-state index contributed by atoms with van der Waals surface area (Å²) in [5.41, 5.74) is 1.31. The molecule has 96 valence electrons. The number of hydrogen-bond donors (Lipinski definition) is 1. The van der Waals surface area contributed by atoms with Crippen molar-refractivity contribution in [3.05, 3.63) is 48.2 Å². The van der Waals surface area contributed by atoms with E-state index < -0.39 is 12.1 Å². The van der Waals surface area contributed by atoms with Crippen molar-refractivity contribution in [2.45, 2.75) is 6.10 Å². The number of aliphatic hydroxyl groups excluding tert-OH is 1. The first-order chi connectivity index (χ1) is 9.22. The molecule has 0 fully saturated rings. The normalized spacial score (nSPS) is 11.3. The Labute approximate surface area is 110 Å². The second kappa shape index (κ2) is 5.89. The molecule has 0 amide bonds. The lowest BCUT2D eigenvalue weighted by atomic mass is 10.0. The summed E-state index contributed by atoms with van der Waals surface area (Å²) >= 11 is 0. The average Bonchev–Trinajstić information content (AvgIpc) is 2.98. The van der Waals surface area contributed by atoms with Crippen LogP contribution in [0, 0.1) is 11.8 Å². The largest absolute Gasteiger partial charge is 0.464 e. The fourth-order valence-corrected chi connectivity index (χ4v) is 1.65. The van der Waals surface area contributed by atoms with Crippen LogP contribution in [0.25, 0.3) is 11.3 Å². The molecule has 1 aromatic heterocycles. The fourth-order valence-electron chi connectivity index (χ4n) is 1.65. The van der Waals surface area contributed by atoms with Crippen LogP contribution in [-0.4, -0.2) is 18.2 Å². The quantitative estimate of drug-likeness (QED) is 0.508. The van der Waals surface area contributed by atoms with Crippen LogP contribution >= 0.6 is 0 Å². The minimum Gasteiger partial charge on any atom is -0.464 e. The highest BCUT2D eigenvalue weighted by Crippen LogP contribution is 2.28. The van der Waals surface area contributed by atoms with Crippen molar-refractivity contribution in [3.63, 3.8) is 0 Å². The molecule has 0 saturated heterocycles. The van der Waals surface area contributed by atoms with Crippen molar-refractivity contribution in [3.8, 4) is 23.2 Å². The van der Waals surface area contributed by atoms with Gasteiger partial charge in [-0.15, -0.1) is 0 Å². The summed E-state index contributed by atoms with van der Waals surface area (Å²) in [6.07, 6.45) is 0.471. The summed E-state index contributed by atoms with van der Waals surface area (Å²) in [4.78, 5) is 10.9. The van der Waals surface area contributed by atoms with E-state index >= 15 is 0 Å². The summed E-state index contributed by atoms with van der Waals surface area (Å²) in [5.74, 6) is 4.60. The molecule has 0 bridgehead atoms. The van der Waals surface area contributed by atoms with Gasteiger partial charge in [0.15, 0.2) is 0 Å². The standard InChI is InChI=1S/C15H12O4/c1-18-15(17)9-8-13(16)11-5-2-3-6-12(11)14-7-4-10-19-14/h2-7,10,13,16H,1H3. The Balaban J connectivity index is 2.34. The highest BCUT2D eigenvalue weighted by Gasteiger charge is 2.12. The third kappa shape index (κ3) is 3.03. The molecule has 0 spiro atoms. The number of carbonyl (C=O) groups excluding carboxylic acids is 1. The molecular formula is C15H12O4. The van der Waals surface area contributed by atoms with Gasteiger partial charge >= 0.3 is 5.97 Å². The van der Waals surface area contributed by atoms with Gasteiger partial charge in [-0.2, -0.15) is 0 Å². The van der Waals surface area contributed by atoms with E-state index in [2.05, 4.69) is 16.6 Å². The maximum absolute atomic E-state index is 10.9. The highest BCUT2D eigenvalue weighted by atomic mass is 16.5. The van der Waals surface area contributed by atoms with Gasteiger partial charge in [-0.25, -0.2) is 4.79 Å². The summed E-state index contributed by atoms with van der Waals surface area (Å²) in [7, 11) is 1.24. The van der Waals surface area contributed by atoms with Crippen molar-refractivity contribution in [1.29, 1.82) is 0 Å². The van der Waals surface area contributed by atoms with E-state index in [4.69, 9.17) is 4.42 Å². The molecule has 0 aliphatic carbocycles. The van der Waals surface area contributed by atoms with Crippen molar-refractivity contribution in [1.82, 2.24) is 0 Å². The molecule has 0 aliphatic rings. The van der Waals surface area contributed by atoms with Crippen LogP contribution in [-0.2, 0) is 9.53 Å². The predicted octanol–water partition coefficient (Wildman–Crippen LogP) is 2.16. The Morgan fingerprint density at radius 2 is 2.11 bits per heavy atom. The van der Waals surface area contributed by atoms with Crippen LogP contribution in [0.3, 0.4) is 0 Å². The molecule has 1 atom stereocenters. The number of methoxy groups -OCH3 is 1. The Morgan fingerprint density at radius 3 is 2.79 bits per heavy atom. The molecule has 2 rings (SSSR count). The zero-order chi connectivity index (χ0) is 13.7. The topological polar surface area (TPSA) is 59.7 Å². The third-order valence-electron chi connectivity index (χ3n) is 2.54. The monoisotopic (exact) mass is 256 g/mol. The lowest BCUT2D eigenvalue weighted by Crippen LogP contribution is -2.00. The maximum atomic E-state index is 10.9. The number of rotatable bonds is 2. The molecule has 0 radical (unpaired) electrons. The molecule has 4 nitrogen and oxygen atoms in total. The van der Waals surface area contributed by atoms with Gasteiger partial charge in [-0.05, 0) is 12.1 Å². The van der Waals surface area contributed by atoms with Crippen molar-refractivity contribution < 1.29 is 19.1 Å². The van der Waals surface area contributed by atoms with Crippen LogP contribution < -0.4 is 0 Å². The van der Waals surface area contributed by atoms with E-state index in [0.717, 1.165) is 5.56 Å². The molecule has 19 heavy (non-hydrogen) atoms. The molecule has 1 unspecified atom stereocenters. The Kier molecular flexibility index (Phi) is 4.01. The average molecular weight is 256 g/mol. The Morgan fingerprint density at radius 1 is 1.32 bits per heavy atom. The summed E-state index contributed by atoms with van der Waals surface area (Å²) in [5, 5.41) is 10.0. The number of esters is 1. The first-order valence-corrected chi connectivity index (χ1v) is 5.62. The van der Waals surface area contributed by atoms with Gasteiger partial charge in [0.25, 0.3) is 0 Å². The summed E-state index contributed by atoms with van der Waals surface area (Å²) < 4.78 is 9.70. The summed E-state index contributed by atoms with van der Waals surface area (Å²) in [6, 6.07) is 10.7. The number of carbonyl (C=O) groups is 1. The summed E-state index contributed by atoms with van der Waals surface area (Å²) in [6.45, 7) is 0. The lowest BCUT2D eigenvalue weighted by Gasteiger charge is -2.08. The predicted molar refractivity (Wildman–Crippen MR) is 68.9 cm³/mol. The number of furan rings is 1. The van der Waals surface area contributed by atoms with E-state index in [9.17, 15) is 9.90 Å². The van der Waals surface area contributed by atoms with Crippen LogP contribution in [0.5, 0.6) is 0 Å². The minimum atomic E-state index is -1.08. The van der Waals surface area contributed by atoms with Gasteiger partial charge < -0.3 is 14.3 Å². The molecule has 1 heterocycles. The third-order valence-corrected chi connectivity index (χ3v) is 2.54. The molecular weight excluding hydrogens is 244 g/mol. The van der Waals surface area contributed by atoms with E-state index in [1.165, 1.54) is 7.11 Å². The molecule has 2 aromatic rings. The van der Waals surface area contributed by atoms with E-state index in [0.29, 0.717) is 11.3 Å². The Bertz CT molecular complexity index is 617. The molecule has 1 aromatic carbocycles. The highest BCUT2D eigenvalue weighted by molar-refractivity contribution is 5.88. The first-order valence-electron chi connectivity index (χ1n) is 5.62. The number of ether oxygens (including phenoxy) is 1. The van der Waals surface area contributed by atoms with E-state index in [1.54, 1.807) is 30.5 Å². The Hall–Kier alpha value is -2.51. The van der Waals surface area contributed by atoms with Crippen molar-refractivity contribution in [2.75, 3.05) is 7.11 Å². The van der Waals surface area contributed by atoms with Crippen LogP contribution in [0.4, 0.5) is 0 Å². The number of benzene rings is 1. The first kappa shape index (κ1) is 12.9. The van der Waals surface area contributed by atoms with Gasteiger partial charge in [0, 0.05) is 17.0 Å². The molecule has 4 heteroatoms. The van der Waals surface area contributed by atoms with Gasteiger partial charge in [0.2, 0.25) is 0 Å². The van der Waals surface area contributed by atoms with Gasteiger partial charge in [-0.3, -0.25) is 0 Å². The van der Waals surface area contributed by atoms with E-state index in [1.807, 2.05) is 12.1 Å². The van der Waals surface area contributed by atoms with Crippen LogP contribution in [0.2, 0.25) is 0 Å². The van der Waals surface area contributed by atoms with Crippen LogP contribution in [0.1, 0.15) is 11.7 Å². The zero-order valence-electron chi connectivity index (χ0n) is 10.3. The minimum absolute atomic E-state index is 0.578.